The zero-order valence-corrected chi connectivity index (χ0v) is 25.8. The molecule has 10 aromatic rings. The number of rotatable bonds is 4. The van der Waals surface area contributed by atoms with Crippen molar-refractivity contribution >= 4 is 54.6 Å². The van der Waals surface area contributed by atoms with Crippen molar-refractivity contribution in [2.45, 2.75) is 0 Å². The van der Waals surface area contributed by atoms with Gasteiger partial charge in [0.25, 0.3) is 0 Å². The molecule has 0 radical (unpaired) electrons. The Bertz CT molecular complexity index is 2820. The highest BCUT2D eigenvalue weighted by Crippen LogP contribution is 2.45. The summed E-state index contributed by atoms with van der Waals surface area (Å²) in [5.74, 6) is 0.601. The van der Waals surface area contributed by atoms with Crippen molar-refractivity contribution in [1.29, 1.82) is 0 Å². The minimum Gasteiger partial charge on any atom is -0.307 e. The summed E-state index contributed by atoms with van der Waals surface area (Å²) in [7, 11) is 0. The maximum atomic E-state index is 5.41. The van der Waals surface area contributed by atoms with Crippen molar-refractivity contribution in [2.75, 3.05) is 0 Å². The molecule has 0 bridgehead atoms. The molecule has 0 fully saturated rings. The first-order chi connectivity index (χ1) is 23.8. The molecule has 0 saturated heterocycles. The van der Waals surface area contributed by atoms with Crippen LogP contribution < -0.4 is 0 Å². The van der Waals surface area contributed by atoms with Crippen molar-refractivity contribution in [3.8, 4) is 33.9 Å². The Morgan fingerprint density at radius 1 is 0.375 bits per heavy atom. The lowest BCUT2D eigenvalue weighted by Crippen LogP contribution is -2.00. The first kappa shape index (κ1) is 26.6. The van der Waals surface area contributed by atoms with E-state index in [4.69, 9.17) is 15.2 Å². The van der Waals surface area contributed by atoms with Gasteiger partial charge < -0.3 is 9.13 Å². The number of benzene rings is 7. The molecule has 0 saturated carbocycles. The second-order valence-corrected chi connectivity index (χ2v) is 12.1. The molecule has 0 spiro atoms. The maximum absolute atomic E-state index is 5.41. The molecule has 10 rings (SSSR count). The lowest BCUT2D eigenvalue weighted by Gasteiger charge is -2.13. The smallest absolute Gasteiger partial charge is 0.182 e. The van der Waals surface area contributed by atoms with Gasteiger partial charge in [-0.15, -0.1) is 10.2 Å². The number of fused-ring (bicyclic) bond motifs is 10. The van der Waals surface area contributed by atoms with Gasteiger partial charge in [-0.3, -0.25) is 0 Å². The number of aromatic nitrogens is 5. The van der Waals surface area contributed by atoms with E-state index in [1.807, 2.05) is 6.07 Å². The van der Waals surface area contributed by atoms with Crippen LogP contribution in [-0.4, -0.2) is 24.3 Å². The van der Waals surface area contributed by atoms with E-state index < -0.39 is 0 Å². The predicted molar refractivity (Wildman–Crippen MR) is 197 cm³/mol. The molecule has 0 N–H and O–H groups in total. The van der Waals surface area contributed by atoms with Crippen LogP contribution in [0, 0.1) is 0 Å². The van der Waals surface area contributed by atoms with E-state index in [2.05, 4.69) is 167 Å². The molecule has 5 nitrogen and oxygen atoms in total. The molecule has 5 heteroatoms. The molecule has 0 atom stereocenters. The lowest BCUT2D eigenvalue weighted by atomic mass is 10.0. The van der Waals surface area contributed by atoms with E-state index in [9.17, 15) is 0 Å². The maximum Gasteiger partial charge on any atom is 0.182 e. The molecular formula is C43H27N5. The van der Waals surface area contributed by atoms with E-state index in [1.165, 1.54) is 0 Å². The summed E-state index contributed by atoms with van der Waals surface area (Å²) in [6, 6.07) is 57.3. The highest BCUT2D eigenvalue weighted by Gasteiger charge is 2.26. The fraction of sp³-hybridized carbons (Fsp3) is 0. The van der Waals surface area contributed by atoms with Crippen molar-refractivity contribution in [1.82, 2.24) is 24.3 Å². The van der Waals surface area contributed by atoms with Gasteiger partial charge in [0, 0.05) is 38.5 Å². The average molecular weight is 614 g/mol. The standard InChI is InChI=1S/C43H27N5/c1-4-15-28(16-5-1)29-17-14-18-30(27-29)43-44-39-37-33-23-10-12-25-35(33)47(31-19-6-2-7-20-31)41(37)42-38(40(39)45-46-43)34-24-11-13-26-36(34)48(42)32-21-8-3-9-22-32/h1-27H. The first-order valence-electron chi connectivity index (χ1n) is 16.1. The average Bonchev–Trinajstić information content (AvgIpc) is 3.70. The Balaban J connectivity index is 1.42. The largest absolute Gasteiger partial charge is 0.307 e. The Morgan fingerprint density at radius 3 is 1.46 bits per heavy atom. The molecule has 0 aliphatic heterocycles. The molecular weight excluding hydrogens is 587 g/mol. The molecule has 0 aliphatic carbocycles. The van der Waals surface area contributed by atoms with Gasteiger partial charge in [-0.05, 0) is 53.6 Å². The van der Waals surface area contributed by atoms with E-state index in [1.54, 1.807) is 0 Å². The Morgan fingerprint density at radius 2 is 0.854 bits per heavy atom. The number of para-hydroxylation sites is 4. The van der Waals surface area contributed by atoms with Crippen molar-refractivity contribution in [3.63, 3.8) is 0 Å². The third-order valence-electron chi connectivity index (χ3n) is 9.39. The van der Waals surface area contributed by atoms with Crippen LogP contribution in [0.15, 0.2) is 164 Å². The van der Waals surface area contributed by atoms with Crippen LogP contribution in [0.2, 0.25) is 0 Å². The minimum absolute atomic E-state index is 0.601. The summed E-state index contributed by atoms with van der Waals surface area (Å²) in [6.45, 7) is 0. The first-order valence-corrected chi connectivity index (χ1v) is 16.1. The lowest BCUT2D eigenvalue weighted by molar-refractivity contribution is 1.04. The fourth-order valence-electron chi connectivity index (χ4n) is 7.36. The van der Waals surface area contributed by atoms with Crippen LogP contribution in [0.25, 0.3) is 88.5 Å². The van der Waals surface area contributed by atoms with Crippen molar-refractivity contribution < 1.29 is 0 Å². The van der Waals surface area contributed by atoms with E-state index in [0.29, 0.717) is 5.82 Å². The normalized spacial score (nSPS) is 11.8. The van der Waals surface area contributed by atoms with Crippen LogP contribution in [0.1, 0.15) is 0 Å². The molecule has 3 aromatic heterocycles. The van der Waals surface area contributed by atoms with E-state index in [-0.39, 0.29) is 0 Å². The van der Waals surface area contributed by atoms with Gasteiger partial charge in [0.2, 0.25) is 0 Å². The van der Waals surface area contributed by atoms with Gasteiger partial charge in [0.1, 0.15) is 11.0 Å². The zero-order valence-electron chi connectivity index (χ0n) is 25.8. The van der Waals surface area contributed by atoms with E-state index >= 15 is 0 Å². The molecule has 224 valence electrons. The Labute approximate surface area is 276 Å². The molecule has 7 aromatic carbocycles. The number of nitrogens with zero attached hydrogens (tertiary/aromatic N) is 5. The summed E-state index contributed by atoms with van der Waals surface area (Å²) in [5, 5.41) is 14.2. The number of hydrogen-bond acceptors (Lipinski definition) is 3. The van der Waals surface area contributed by atoms with Gasteiger partial charge in [-0.2, -0.15) is 0 Å². The molecule has 0 unspecified atom stereocenters. The van der Waals surface area contributed by atoms with Crippen LogP contribution in [0.5, 0.6) is 0 Å². The molecule has 0 amide bonds. The molecule has 3 heterocycles. The zero-order chi connectivity index (χ0) is 31.6. The monoisotopic (exact) mass is 613 g/mol. The summed E-state index contributed by atoms with van der Waals surface area (Å²) in [5.41, 5.74) is 11.4. The van der Waals surface area contributed by atoms with Crippen molar-refractivity contribution in [2.24, 2.45) is 0 Å². The van der Waals surface area contributed by atoms with Crippen LogP contribution in [0.4, 0.5) is 0 Å². The Hall–Kier alpha value is -6.59. The summed E-state index contributed by atoms with van der Waals surface area (Å²) >= 11 is 0. The third-order valence-corrected chi connectivity index (χ3v) is 9.39. The SMILES string of the molecule is c1ccc(-c2cccc(-c3nnc4c(n3)c3c5ccccc5n(-c5ccccc5)c3c3c4c4ccccc4n3-c3ccccc3)c2)cc1. The van der Waals surface area contributed by atoms with Crippen LogP contribution in [0.3, 0.4) is 0 Å². The van der Waals surface area contributed by atoms with Gasteiger partial charge >= 0.3 is 0 Å². The van der Waals surface area contributed by atoms with Gasteiger partial charge in [-0.25, -0.2) is 4.98 Å². The summed E-state index contributed by atoms with van der Waals surface area (Å²) < 4.78 is 4.77. The topological polar surface area (TPSA) is 48.5 Å². The molecule has 0 aliphatic rings. The highest BCUT2D eigenvalue weighted by molar-refractivity contribution is 6.35. The highest BCUT2D eigenvalue weighted by atomic mass is 15.2. The molecule has 48 heavy (non-hydrogen) atoms. The minimum atomic E-state index is 0.601. The second kappa shape index (κ2) is 10.5. The quantitative estimate of drug-likeness (QED) is 0.198. The van der Waals surface area contributed by atoms with Crippen LogP contribution >= 0.6 is 0 Å². The van der Waals surface area contributed by atoms with Gasteiger partial charge in [0.15, 0.2) is 5.82 Å². The van der Waals surface area contributed by atoms with Crippen molar-refractivity contribution in [3.05, 3.63) is 164 Å². The third kappa shape index (κ3) is 3.88. The summed E-state index contributed by atoms with van der Waals surface area (Å²) in [4.78, 5) is 5.41. The van der Waals surface area contributed by atoms with Crippen LogP contribution in [-0.2, 0) is 0 Å². The fourth-order valence-corrected chi connectivity index (χ4v) is 7.36. The van der Waals surface area contributed by atoms with Gasteiger partial charge in [0.05, 0.1) is 22.1 Å². The number of hydrogen-bond donors (Lipinski definition) is 0. The Kier molecular flexibility index (Phi) is 5.81. The summed E-state index contributed by atoms with van der Waals surface area (Å²) in [6.07, 6.45) is 0. The predicted octanol–water partition coefficient (Wildman–Crippen LogP) is 10.6. The van der Waals surface area contributed by atoms with E-state index in [0.717, 1.165) is 82.7 Å². The second-order valence-electron chi connectivity index (χ2n) is 12.1. The van der Waals surface area contributed by atoms with Gasteiger partial charge in [-0.1, -0.05) is 121 Å².